The van der Waals surface area contributed by atoms with Crippen LogP contribution in [-0.2, 0) is 0 Å². The molecule has 0 aliphatic carbocycles. The Hall–Kier alpha value is -0.900. The fraction of sp³-hybridized carbons (Fsp3) is 0. The van der Waals surface area contributed by atoms with Gasteiger partial charge in [-0.05, 0) is 6.07 Å². The normalized spacial score (nSPS) is 10.8. The van der Waals surface area contributed by atoms with Crippen LogP contribution in [0.2, 0.25) is 0 Å². The Morgan fingerprint density at radius 3 is 3.00 bits per heavy atom. The van der Waals surface area contributed by atoms with Crippen LogP contribution in [0, 0.1) is 5.13 Å². The third-order valence-corrected chi connectivity index (χ3v) is 1.53. The van der Waals surface area contributed by atoms with Crippen LogP contribution in [0.4, 0.5) is 4.39 Å². The summed E-state index contributed by atoms with van der Waals surface area (Å²) in [5.41, 5.74) is 0.583. The summed E-state index contributed by atoms with van der Waals surface area (Å²) in [6.45, 7) is 0. The summed E-state index contributed by atoms with van der Waals surface area (Å²) in [7, 11) is 0. The van der Waals surface area contributed by atoms with Gasteiger partial charge in [-0.1, -0.05) is 5.16 Å². The molecule has 0 aliphatic heterocycles. The van der Waals surface area contributed by atoms with E-state index in [2.05, 4.69) is 5.16 Å². The summed E-state index contributed by atoms with van der Waals surface area (Å²) in [6.07, 6.45) is 1.18. The lowest BCUT2D eigenvalue weighted by atomic mass is 10.4. The van der Waals surface area contributed by atoms with Gasteiger partial charge in [0.25, 0.3) is 0 Å². The molecule has 0 amide bonds. The van der Waals surface area contributed by atoms with Crippen molar-refractivity contribution in [3.05, 3.63) is 22.1 Å². The monoisotopic (exact) mass is 145 g/mol. The summed E-state index contributed by atoms with van der Waals surface area (Å²) in [5, 5.41) is 12.0. The molecule has 0 aromatic carbocycles. The minimum atomic E-state index is -0.273. The van der Waals surface area contributed by atoms with Gasteiger partial charge in [-0.3, -0.25) is 0 Å². The Bertz CT molecular complexity index is 220. The van der Waals surface area contributed by atoms with Crippen LogP contribution in [0.15, 0.2) is 16.6 Å². The number of halogens is 1. The van der Waals surface area contributed by atoms with E-state index in [9.17, 15) is 4.39 Å². The Kier molecular flexibility index (Phi) is 1.79. The number of nitrogens with zero attached hydrogens (tertiary/aromatic N) is 1. The third-order valence-electron chi connectivity index (χ3n) is 0.795. The van der Waals surface area contributed by atoms with Crippen molar-refractivity contribution in [3.63, 3.8) is 0 Å². The van der Waals surface area contributed by atoms with Crippen LogP contribution in [0.5, 0.6) is 0 Å². The number of hydrogen-bond acceptors (Lipinski definition) is 3. The molecule has 0 atom stereocenters. The van der Waals surface area contributed by atoms with E-state index < -0.39 is 0 Å². The Morgan fingerprint density at radius 2 is 2.56 bits per heavy atom. The first-order chi connectivity index (χ1) is 4.33. The highest BCUT2D eigenvalue weighted by Crippen LogP contribution is 2.09. The van der Waals surface area contributed by atoms with Crippen molar-refractivity contribution in [2.75, 3.05) is 0 Å². The van der Waals surface area contributed by atoms with Crippen LogP contribution in [0.25, 0.3) is 0 Å². The second-order valence-corrected chi connectivity index (χ2v) is 2.29. The number of rotatable bonds is 1. The molecule has 4 heteroatoms. The van der Waals surface area contributed by atoms with Gasteiger partial charge in [0.2, 0.25) is 0 Å². The zero-order chi connectivity index (χ0) is 6.69. The van der Waals surface area contributed by atoms with Crippen molar-refractivity contribution in [2.45, 2.75) is 0 Å². The van der Waals surface area contributed by atoms with E-state index in [1.807, 2.05) is 0 Å². The van der Waals surface area contributed by atoms with Gasteiger partial charge in [0.15, 0.2) is 5.13 Å². The molecule has 0 fully saturated rings. The quantitative estimate of drug-likeness (QED) is 0.364. The van der Waals surface area contributed by atoms with Crippen LogP contribution < -0.4 is 0 Å². The topological polar surface area (TPSA) is 32.6 Å². The Balaban J connectivity index is 2.85. The van der Waals surface area contributed by atoms with E-state index in [4.69, 9.17) is 5.21 Å². The third kappa shape index (κ3) is 1.50. The molecule has 0 unspecified atom stereocenters. The lowest BCUT2D eigenvalue weighted by Gasteiger charge is -1.73. The molecule has 0 aliphatic rings. The minimum absolute atomic E-state index is 0.273. The molecule has 2 nitrogen and oxygen atoms in total. The van der Waals surface area contributed by atoms with Crippen LogP contribution >= 0.6 is 11.3 Å². The molecule has 1 aromatic rings. The van der Waals surface area contributed by atoms with E-state index >= 15 is 0 Å². The summed E-state index contributed by atoms with van der Waals surface area (Å²) in [5.74, 6) is 0. The van der Waals surface area contributed by atoms with E-state index in [1.165, 1.54) is 12.3 Å². The molecule has 1 aromatic heterocycles. The summed E-state index contributed by atoms with van der Waals surface area (Å²) in [4.78, 5) is 0. The van der Waals surface area contributed by atoms with Crippen LogP contribution in [-0.4, -0.2) is 11.4 Å². The van der Waals surface area contributed by atoms with Gasteiger partial charge in [-0.2, -0.15) is 4.39 Å². The van der Waals surface area contributed by atoms with Crippen molar-refractivity contribution >= 4 is 17.6 Å². The van der Waals surface area contributed by atoms with E-state index in [-0.39, 0.29) is 5.13 Å². The maximum absolute atomic E-state index is 12.1. The zero-order valence-corrected chi connectivity index (χ0v) is 5.23. The average molecular weight is 145 g/mol. The van der Waals surface area contributed by atoms with Crippen molar-refractivity contribution < 1.29 is 9.60 Å². The molecule has 0 radical (unpaired) electrons. The highest BCUT2D eigenvalue weighted by molar-refractivity contribution is 7.08. The SMILES string of the molecule is O/N=C\c1csc(F)c1. The second kappa shape index (κ2) is 2.59. The van der Waals surface area contributed by atoms with E-state index in [0.29, 0.717) is 5.56 Å². The van der Waals surface area contributed by atoms with Gasteiger partial charge < -0.3 is 5.21 Å². The molecular weight excluding hydrogens is 141 g/mol. The van der Waals surface area contributed by atoms with Crippen LogP contribution in [0.3, 0.4) is 0 Å². The first kappa shape index (κ1) is 6.22. The van der Waals surface area contributed by atoms with Gasteiger partial charge >= 0.3 is 0 Å². The molecule has 0 saturated carbocycles. The second-order valence-electron chi connectivity index (χ2n) is 1.43. The van der Waals surface area contributed by atoms with Gasteiger partial charge in [-0.15, -0.1) is 11.3 Å². The molecular formula is C5H4FNOS. The molecule has 1 N–H and O–H groups in total. The zero-order valence-electron chi connectivity index (χ0n) is 4.41. The predicted octanol–water partition coefficient (Wildman–Crippen LogP) is 1.70. The standard InChI is InChI=1S/C5H4FNOS/c6-5-1-4(2-7-8)3-9-5/h1-3,8H/b7-2-. The highest BCUT2D eigenvalue weighted by Gasteiger charge is 1.93. The fourth-order valence-corrected chi connectivity index (χ4v) is 1.04. The predicted molar refractivity (Wildman–Crippen MR) is 33.7 cm³/mol. The summed E-state index contributed by atoms with van der Waals surface area (Å²) >= 11 is 0.975. The molecule has 0 bridgehead atoms. The van der Waals surface area contributed by atoms with Crippen LogP contribution in [0.1, 0.15) is 5.56 Å². The van der Waals surface area contributed by atoms with Gasteiger partial charge in [0.1, 0.15) is 0 Å². The number of oxime groups is 1. The first-order valence-corrected chi connectivity index (χ1v) is 3.12. The van der Waals surface area contributed by atoms with Gasteiger partial charge in [0.05, 0.1) is 6.21 Å². The van der Waals surface area contributed by atoms with Gasteiger partial charge in [0, 0.05) is 10.9 Å². The lowest BCUT2D eigenvalue weighted by molar-refractivity contribution is 0.322. The maximum Gasteiger partial charge on any atom is 0.177 e. The largest absolute Gasteiger partial charge is 0.411 e. The molecule has 1 heterocycles. The first-order valence-electron chi connectivity index (χ1n) is 2.24. The Labute approximate surface area is 55.2 Å². The molecule has 0 spiro atoms. The number of hydrogen-bond donors (Lipinski definition) is 1. The molecule has 9 heavy (non-hydrogen) atoms. The summed E-state index contributed by atoms with van der Waals surface area (Å²) in [6, 6.07) is 1.30. The van der Waals surface area contributed by atoms with E-state index in [1.54, 1.807) is 5.38 Å². The average Bonchev–Trinajstić information content (AvgIpc) is 2.17. The van der Waals surface area contributed by atoms with Gasteiger partial charge in [-0.25, -0.2) is 0 Å². The summed E-state index contributed by atoms with van der Waals surface area (Å²) < 4.78 is 12.1. The molecule has 0 saturated heterocycles. The van der Waals surface area contributed by atoms with Crippen molar-refractivity contribution in [1.29, 1.82) is 0 Å². The Morgan fingerprint density at radius 1 is 1.78 bits per heavy atom. The van der Waals surface area contributed by atoms with E-state index in [0.717, 1.165) is 11.3 Å². The smallest absolute Gasteiger partial charge is 0.177 e. The molecule has 1 rings (SSSR count). The highest BCUT2D eigenvalue weighted by atomic mass is 32.1. The fourth-order valence-electron chi connectivity index (χ4n) is 0.458. The van der Waals surface area contributed by atoms with Crippen molar-refractivity contribution in [1.82, 2.24) is 0 Å². The van der Waals surface area contributed by atoms with Crippen molar-refractivity contribution in [3.8, 4) is 0 Å². The minimum Gasteiger partial charge on any atom is -0.411 e. The maximum atomic E-state index is 12.1. The van der Waals surface area contributed by atoms with Crippen molar-refractivity contribution in [2.24, 2.45) is 5.16 Å². The lowest BCUT2D eigenvalue weighted by Crippen LogP contribution is -1.71. The number of thiophene rings is 1. The molecule has 48 valence electrons.